The van der Waals surface area contributed by atoms with Crippen molar-refractivity contribution in [1.29, 1.82) is 0 Å². The summed E-state index contributed by atoms with van der Waals surface area (Å²) in [5.41, 5.74) is 2.09. The van der Waals surface area contributed by atoms with Gasteiger partial charge >= 0.3 is 0 Å². The second-order valence-electron chi connectivity index (χ2n) is 8.84. The number of benzene rings is 3. The maximum Gasteiger partial charge on any atom is 0.243 e. The van der Waals surface area contributed by atoms with Gasteiger partial charge in [0.05, 0.1) is 4.90 Å². The monoisotopic (exact) mass is 528 g/mol. The minimum atomic E-state index is -3.52. The number of piperazine rings is 1. The van der Waals surface area contributed by atoms with E-state index in [0.717, 1.165) is 5.56 Å². The Morgan fingerprint density at radius 2 is 1.47 bits per heavy atom. The average molecular weight is 529 g/mol. The molecular formula is C27H29ClN2O5S. The standard InChI is InChI=1S/C27H29ClN2O5S/c1-20-2-12-26(13-3-20)36(33,34)30-16-14-29(15-17-30)18-24(31)19-35-25-10-6-22(7-11-25)27(32)21-4-8-23(28)9-5-21/h2-13,24,31H,14-19H2,1H3. The number of aliphatic hydroxyl groups is 1. The van der Waals surface area contributed by atoms with Gasteiger partial charge in [-0.25, -0.2) is 8.42 Å². The molecule has 1 aliphatic rings. The molecule has 0 aliphatic carbocycles. The highest BCUT2D eigenvalue weighted by atomic mass is 35.5. The molecule has 0 spiro atoms. The van der Waals surface area contributed by atoms with Crippen LogP contribution in [-0.2, 0) is 10.0 Å². The van der Waals surface area contributed by atoms with Gasteiger partial charge in [-0.15, -0.1) is 0 Å². The highest BCUT2D eigenvalue weighted by molar-refractivity contribution is 7.89. The number of hydrogen-bond acceptors (Lipinski definition) is 6. The van der Waals surface area contributed by atoms with Crippen molar-refractivity contribution in [2.75, 3.05) is 39.3 Å². The number of ether oxygens (including phenoxy) is 1. The van der Waals surface area contributed by atoms with Crippen LogP contribution in [0.1, 0.15) is 21.5 Å². The molecular weight excluding hydrogens is 500 g/mol. The molecule has 0 aromatic heterocycles. The highest BCUT2D eigenvalue weighted by Crippen LogP contribution is 2.19. The molecule has 3 aromatic rings. The molecule has 3 aromatic carbocycles. The minimum absolute atomic E-state index is 0.0896. The first-order valence-electron chi connectivity index (χ1n) is 11.7. The van der Waals surface area contributed by atoms with Crippen LogP contribution in [0.5, 0.6) is 5.75 Å². The lowest BCUT2D eigenvalue weighted by atomic mass is 10.0. The van der Waals surface area contributed by atoms with Crippen LogP contribution in [0.4, 0.5) is 0 Å². The summed E-state index contributed by atoms with van der Waals surface area (Å²) >= 11 is 5.88. The van der Waals surface area contributed by atoms with E-state index in [1.165, 1.54) is 4.31 Å². The zero-order valence-corrected chi connectivity index (χ0v) is 21.6. The van der Waals surface area contributed by atoms with Gasteiger partial charge in [0, 0.05) is 48.9 Å². The van der Waals surface area contributed by atoms with Crippen molar-refractivity contribution < 1.29 is 23.1 Å². The number of β-amino-alcohol motifs (C(OH)–C–C–N with tert-alkyl or cyclic N) is 1. The maximum absolute atomic E-state index is 12.9. The third-order valence-electron chi connectivity index (χ3n) is 6.12. The molecule has 0 amide bonds. The van der Waals surface area contributed by atoms with Crippen LogP contribution in [0.15, 0.2) is 77.7 Å². The summed E-state index contributed by atoms with van der Waals surface area (Å²) < 4.78 is 32.9. The Bertz CT molecular complexity index is 1270. The Hall–Kier alpha value is -2.75. The number of aryl methyl sites for hydroxylation is 1. The number of sulfonamides is 1. The van der Waals surface area contributed by atoms with E-state index in [-0.39, 0.29) is 12.4 Å². The number of nitrogens with zero attached hydrogens (tertiary/aromatic N) is 2. The van der Waals surface area contributed by atoms with Crippen molar-refractivity contribution in [3.05, 3.63) is 94.5 Å². The van der Waals surface area contributed by atoms with E-state index >= 15 is 0 Å². The van der Waals surface area contributed by atoms with Gasteiger partial charge in [0.25, 0.3) is 0 Å². The number of rotatable bonds is 9. The fourth-order valence-corrected chi connectivity index (χ4v) is 5.57. The summed E-state index contributed by atoms with van der Waals surface area (Å²) in [4.78, 5) is 14.9. The molecule has 0 bridgehead atoms. The van der Waals surface area contributed by atoms with Gasteiger partial charge < -0.3 is 9.84 Å². The average Bonchev–Trinajstić information content (AvgIpc) is 2.88. The predicted octanol–water partition coefficient (Wildman–Crippen LogP) is 3.63. The molecule has 1 aliphatic heterocycles. The summed E-state index contributed by atoms with van der Waals surface area (Å²) in [5, 5.41) is 11.0. The molecule has 0 saturated carbocycles. The van der Waals surface area contributed by atoms with Gasteiger partial charge in [-0.2, -0.15) is 4.31 Å². The van der Waals surface area contributed by atoms with Crippen LogP contribution < -0.4 is 4.74 Å². The third kappa shape index (κ3) is 6.52. The van der Waals surface area contributed by atoms with E-state index in [1.807, 2.05) is 11.8 Å². The van der Waals surface area contributed by atoms with E-state index in [4.69, 9.17) is 16.3 Å². The van der Waals surface area contributed by atoms with E-state index in [0.29, 0.717) is 59.5 Å². The van der Waals surface area contributed by atoms with Crippen molar-refractivity contribution in [3.63, 3.8) is 0 Å². The van der Waals surface area contributed by atoms with E-state index in [9.17, 15) is 18.3 Å². The Labute approximate surface area is 216 Å². The van der Waals surface area contributed by atoms with E-state index in [2.05, 4.69) is 0 Å². The predicted molar refractivity (Wildman–Crippen MR) is 139 cm³/mol. The third-order valence-corrected chi connectivity index (χ3v) is 8.29. The van der Waals surface area contributed by atoms with Gasteiger partial charge in [0.15, 0.2) is 5.78 Å². The van der Waals surface area contributed by atoms with Crippen molar-refractivity contribution in [3.8, 4) is 5.75 Å². The van der Waals surface area contributed by atoms with Gasteiger partial charge in [-0.05, 0) is 67.6 Å². The molecule has 1 atom stereocenters. The molecule has 1 saturated heterocycles. The minimum Gasteiger partial charge on any atom is -0.491 e. The Morgan fingerprint density at radius 1 is 0.917 bits per heavy atom. The largest absolute Gasteiger partial charge is 0.491 e. The van der Waals surface area contributed by atoms with Crippen LogP contribution in [0.2, 0.25) is 5.02 Å². The maximum atomic E-state index is 12.9. The molecule has 4 rings (SSSR count). The van der Waals surface area contributed by atoms with Crippen LogP contribution in [0.25, 0.3) is 0 Å². The molecule has 190 valence electrons. The molecule has 7 nitrogen and oxygen atoms in total. The summed E-state index contributed by atoms with van der Waals surface area (Å²) in [6.07, 6.45) is -0.736. The first-order valence-corrected chi connectivity index (χ1v) is 13.5. The number of halogens is 1. The summed E-state index contributed by atoms with van der Waals surface area (Å²) in [5.74, 6) is 0.442. The first kappa shape index (κ1) is 26.3. The summed E-state index contributed by atoms with van der Waals surface area (Å²) in [6, 6.07) is 20.4. The van der Waals surface area contributed by atoms with Gasteiger partial charge in [0.2, 0.25) is 10.0 Å². The Kier molecular flexibility index (Phi) is 8.43. The summed E-state index contributed by atoms with van der Waals surface area (Å²) in [6.45, 7) is 4.19. The van der Waals surface area contributed by atoms with Gasteiger partial charge in [0.1, 0.15) is 18.5 Å². The summed E-state index contributed by atoms with van der Waals surface area (Å²) in [7, 11) is -3.52. The van der Waals surface area contributed by atoms with Crippen molar-refractivity contribution >= 4 is 27.4 Å². The van der Waals surface area contributed by atoms with Crippen molar-refractivity contribution in [1.82, 2.24) is 9.21 Å². The normalized spacial score (nSPS) is 16.0. The van der Waals surface area contributed by atoms with Gasteiger partial charge in [-0.3, -0.25) is 9.69 Å². The molecule has 9 heteroatoms. The second kappa shape index (κ2) is 11.5. The SMILES string of the molecule is Cc1ccc(S(=O)(=O)N2CCN(CC(O)COc3ccc(C(=O)c4ccc(Cl)cc4)cc3)CC2)cc1. The quantitative estimate of drug-likeness (QED) is 0.427. The first-order chi connectivity index (χ1) is 17.2. The second-order valence-corrected chi connectivity index (χ2v) is 11.2. The van der Waals surface area contributed by atoms with Gasteiger partial charge in [-0.1, -0.05) is 29.3 Å². The lowest BCUT2D eigenvalue weighted by Gasteiger charge is -2.34. The van der Waals surface area contributed by atoms with Crippen LogP contribution in [0.3, 0.4) is 0 Å². The molecule has 36 heavy (non-hydrogen) atoms. The Morgan fingerprint density at radius 3 is 2.06 bits per heavy atom. The number of hydrogen-bond donors (Lipinski definition) is 1. The van der Waals surface area contributed by atoms with Crippen molar-refractivity contribution in [2.24, 2.45) is 0 Å². The highest BCUT2D eigenvalue weighted by Gasteiger charge is 2.29. The number of carbonyl (C=O) groups is 1. The molecule has 1 unspecified atom stereocenters. The Balaban J connectivity index is 1.23. The lowest BCUT2D eigenvalue weighted by Crippen LogP contribution is -2.50. The van der Waals surface area contributed by atoms with Crippen LogP contribution in [-0.4, -0.2) is 73.9 Å². The topological polar surface area (TPSA) is 87.2 Å². The van der Waals surface area contributed by atoms with Crippen molar-refractivity contribution in [2.45, 2.75) is 17.9 Å². The molecule has 1 fully saturated rings. The number of carbonyl (C=O) groups excluding carboxylic acids is 1. The lowest BCUT2D eigenvalue weighted by molar-refractivity contribution is 0.0569. The van der Waals surface area contributed by atoms with Crippen LogP contribution >= 0.6 is 11.6 Å². The molecule has 0 radical (unpaired) electrons. The zero-order valence-electron chi connectivity index (χ0n) is 20.0. The zero-order chi connectivity index (χ0) is 25.7. The number of aliphatic hydroxyl groups excluding tert-OH is 1. The fourth-order valence-electron chi connectivity index (χ4n) is 4.03. The van der Waals surface area contributed by atoms with E-state index in [1.54, 1.807) is 72.8 Å². The van der Waals surface area contributed by atoms with Crippen LogP contribution in [0, 0.1) is 6.92 Å². The molecule has 1 N–H and O–H groups in total. The molecule has 1 heterocycles. The fraction of sp³-hybridized carbons (Fsp3) is 0.296. The van der Waals surface area contributed by atoms with E-state index < -0.39 is 16.1 Å². The number of ketones is 1. The smallest absolute Gasteiger partial charge is 0.243 e.